The third-order valence-electron chi connectivity index (χ3n) is 5.67. The van der Waals surface area contributed by atoms with Crippen molar-refractivity contribution in [3.63, 3.8) is 0 Å². The van der Waals surface area contributed by atoms with Gasteiger partial charge in [0.25, 0.3) is 5.91 Å². The smallest absolute Gasteiger partial charge is 0.261 e. The van der Waals surface area contributed by atoms with E-state index in [-0.39, 0.29) is 5.91 Å². The monoisotopic (exact) mass is 346 g/mol. The molecular formula is C20H30N2O3. The molecule has 1 aliphatic carbocycles. The van der Waals surface area contributed by atoms with Crippen molar-refractivity contribution in [1.29, 1.82) is 0 Å². The van der Waals surface area contributed by atoms with Gasteiger partial charge < -0.3 is 14.4 Å². The molecular weight excluding hydrogens is 316 g/mol. The second kappa shape index (κ2) is 8.09. The second-order valence-corrected chi connectivity index (χ2v) is 7.29. The van der Waals surface area contributed by atoms with Crippen molar-refractivity contribution >= 4 is 5.91 Å². The number of nitrogens with zero attached hydrogens (tertiary/aromatic N) is 2. The Balaban J connectivity index is 1.66. The molecule has 1 amide bonds. The number of piperazine rings is 1. The Morgan fingerprint density at radius 3 is 2.24 bits per heavy atom. The molecule has 0 aromatic heterocycles. The molecule has 0 spiro atoms. The van der Waals surface area contributed by atoms with Gasteiger partial charge in [0.2, 0.25) is 0 Å². The Bertz CT molecular complexity index is 574. The number of carbonyl (C=O) groups excluding carboxylic acids is 1. The summed E-state index contributed by atoms with van der Waals surface area (Å²) in [5, 5.41) is 0. The summed E-state index contributed by atoms with van der Waals surface area (Å²) in [4.78, 5) is 17.6. The molecule has 138 valence electrons. The lowest BCUT2D eigenvalue weighted by molar-refractivity contribution is 0.0484. The van der Waals surface area contributed by atoms with Gasteiger partial charge in [-0.05, 0) is 30.9 Å². The summed E-state index contributed by atoms with van der Waals surface area (Å²) >= 11 is 0. The van der Waals surface area contributed by atoms with Crippen LogP contribution in [0.25, 0.3) is 0 Å². The summed E-state index contributed by atoms with van der Waals surface area (Å²) in [6.45, 7) is 5.82. The molecule has 1 aromatic rings. The third kappa shape index (κ3) is 3.92. The molecule has 0 radical (unpaired) electrons. The highest BCUT2D eigenvalue weighted by atomic mass is 16.5. The van der Waals surface area contributed by atoms with Gasteiger partial charge in [0.1, 0.15) is 17.1 Å². The highest BCUT2D eigenvalue weighted by Crippen LogP contribution is 2.31. The number of ether oxygens (including phenoxy) is 2. The predicted molar refractivity (Wildman–Crippen MR) is 98.4 cm³/mol. The number of amides is 1. The Kier molecular flexibility index (Phi) is 5.84. The molecule has 0 unspecified atom stereocenters. The van der Waals surface area contributed by atoms with Crippen LogP contribution in [0.1, 0.15) is 43.0 Å². The summed E-state index contributed by atoms with van der Waals surface area (Å²) in [6, 6.07) is 6.17. The minimum atomic E-state index is 0.00552. The molecule has 5 heteroatoms. The van der Waals surface area contributed by atoms with Crippen molar-refractivity contribution < 1.29 is 14.3 Å². The van der Waals surface area contributed by atoms with E-state index in [1.165, 1.54) is 25.7 Å². The quantitative estimate of drug-likeness (QED) is 0.840. The molecule has 2 fully saturated rings. The van der Waals surface area contributed by atoms with Crippen molar-refractivity contribution in [2.24, 2.45) is 5.92 Å². The lowest BCUT2D eigenvalue weighted by Crippen LogP contribution is -2.52. The van der Waals surface area contributed by atoms with Gasteiger partial charge in [0, 0.05) is 32.2 Å². The Morgan fingerprint density at radius 2 is 1.68 bits per heavy atom. The third-order valence-corrected chi connectivity index (χ3v) is 5.67. The standard InChI is InChI=1S/C20H30N2O3/c1-15-6-4-7-16(14-15)21-10-12-22(13-11-21)20(23)19-17(24-2)8-5-9-18(19)25-3/h5,8-9,15-16H,4,6-7,10-14H2,1-3H3/t15-,16-/m0/s1. The lowest BCUT2D eigenvalue weighted by atomic mass is 9.86. The molecule has 1 saturated heterocycles. The van der Waals surface area contributed by atoms with Crippen LogP contribution in [-0.4, -0.2) is 62.1 Å². The van der Waals surface area contributed by atoms with E-state index in [0.29, 0.717) is 23.1 Å². The highest BCUT2D eigenvalue weighted by molar-refractivity contribution is 5.99. The van der Waals surface area contributed by atoms with E-state index in [1.54, 1.807) is 14.2 Å². The SMILES string of the molecule is COc1cccc(OC)c1C(=O)N1CCN([C@H]2CCC[C@H](C)C2)CC1. The predicted octanol–water partition coefficient (Wildman–Crippen LogP) is 3.04. The Hall–Kier alpha value is -1.75. The van der Waals surface area contributed by atoms with Crippen molar-refractivity contribution in [2.75, 3.05) is 40.4 Å². The van der Waals surface area contributed by atoms with Gasteiger partial charge in [-0.2, -0.15) is 0 Å². The first-order chi connectivity index (χ1) is 12.1. The van der Waals surface area contributed by atoms with E-state index in [0.717, 1.165) is 32.1 Å². The molecule has 3 rings (SSSR count). The fourth-order valence-electron chi connectivity index (χ4n) is 4.24. The van der Waals surface area contributed by atoms with Crippen LogP contribution >= 0.6 is 0 Å². The number of benzene rings is 1. The van der Waals surface area contributed by atoms with Crippen LogP contribution in [-0.2, 0) is 0 Å². The summed E-state index contributed by atoms with van der Waals surface area (Å²) in [5.41, 5.74) is 0.534. The lowest BCUT2D eigenvalue weighted by Gasteiger charge is -2.42. The van der Waals surface area contributed by atoms with Gasteiger partial charge in [-0.25, -0.2) is 0 Å². The minimum Gasteiger partial charge on any atom is -0.496 e. The Morgan fingerprint density at radius 1 is 1.04 bits per heavy atom. The molecule has 5 nitrogen and oxygen atoms in total. The van der Waals surface area contributed by atoms with E-state index >= 15 is 0 Å². The van der Waals surface area contributed by atoms with Crippen LogP contribution < -0.4 is 9.47 Å². The molecule has 2 aliphatic rings. The number of rotatable bonds is 4. The van der Waals surface area contributed by atoms with Gasteiger partial charge in [-0.1, -0.05) is 25.8 Å². The number of hydrogen-bond acceptors (Lipinski definition) is 4. The molecule has 1 aromatic carbocycles. The fraction of sp³-hybridized carbons (Fsp3) is 0.650. The molecule has 0 N–H and O–H groups in total. The van der Waals surface area contributed by atoms with Crippen LogP contribution in [0.2, 0.25) is 0 Å². The largest absolute Gasteiger partial charge is 0.496 e. The first kappa shape index (κ1) is 18.1. The van der Waals surface area contributed by atoms with E-state index < -0.39 is 0 Å². The normalized spacial score (nSPS) is 24.8. The van der Waals surface area contributed by atoms with E-state index in [4.69, 9.17) is 9.47 Å². The molecule has 1 saturated carbocycles. The topological polar surface area (TPSA) is 42.0 Å². The van der Waals surface area contributed by atoms with Crippen LogP contribution in [0, 0.1) is 5.92 Å². The van der Waals surface area contributed by atoms with Crippen molar-refractivity contribution in [3.05, 3.63) is 23.8 Å². The summed E-state index contributed by atoms with van der Waals surface area (Å²) in [7, 11) is 3.18. The highest BCUT2D eigenvalue weighted by Gasteiger charge is 2.31. The van der Waals surface area contributed by atoms with Crippen LogP contribution in [0.5, 0.6) is 11.5 Å². The maximum Gasteiger partial charge on any atom is 0.261 e. The van der Waals surface area contributed by atoms with Crippen molar-refractivity contribution in [3.8, 4) is 11.5 Å². The van der Waals surface area contributed by atoms with Gasteiger partial charge in [-0.3, -0.25) is 9.69 Å². The molecule has 1 aliphatic heterocycles. The minimum absolute atomic E-state index is 0.00552. The average molecular weight is 346 g/mol. The second-order valence-electron chi connectivity index (χ2n) is 7.29. The van der Waals surface area contributed by atoms with Gasteiger partial charge in [0.15, 0.2) is 0 Å². The first-order valence-corrected chi connectivity index (χ1v) is 9.38. The number of carbonyl (C=O) groups is 1. The van der Waals surface area contributed by atoms with Gasteiger partial charge in [-0.15, -0.1) is 0 Å². The Labute approximate surface area is 150 Å². The molecule has 25 heavy (non-hydrogen) atoms. The summed E-state index contributed by atoms with van der Waals surface area (Å²) in [6.07, 6.45) is 5.30. The first-order valence-electron chi connectivity index (χ1n) is 9.38. The van der Waals surface area contributed by atoms with E-state index in [1.807, 2.05) is 23.1 Å². The summed E-state index contributed by atoms with van der Waals surface area (Å²) < 4.78 is 10.8. The maximum absolute atomic E-state index is 13.0. The summed E-state index contributed by atoms with van der Waals surface area (Å²) in [5.74, 6) is 1.99. The van der Waals surface area contributed by atoms with Gasteiger partial charge in [0.05, 0.1) is 14.2 Å². The fourth-order valence-corrected chi connectivity index (χ4v) is 4.24. The maximum atomic E-state index is 13.0. The van der Waals surface area contributed by atoms with E-state index in [9.17, 15) is 4.79 Å². The number of methoxy groups -OCH3 is 2. The number of hydrogen-bond donors (Lipinski definition) is 0. The zero-order chi connectivity index (χ0) is 17.8. The molecule has 2 atom stereocenters. The van der Waals surface area contributed by atoms with Crippen LogP contribution in [0.3, 0.4) is 0 Å². The van der Waals surface area contributed by atoms with Crippen LogP contribution in [0.15, 0.2) is 18.2 Å². The van der Waals surface area contributed by atoms with Crippen molar-refractivity contribution in [1.82, 2.24) is 9.80 Å². The van der Waals surface area contributed by atoms with Crippen molar-refractivity contribution in [2.45, 2.75) is 38.6 Å². The molecule has 0 bridgehead atoms. The van der Waals surface area contributed by atoms with E-state index in [2.05, 4.69) is 11.8 Å². The van der Waals surface area contributed by atoms with Gasteiger partial charge >= 0.3 is 0 Å². The van der Waals surface area contributed by atoms with Crippen LogP contribution in [0.4, 0.5) is 0 Å². The average Bonchev–Trinajstić information content (AvgIpc) is 2.66. The zero-order valence-corrected chi connectivity index (χ0v) is 15.7. The zero-order valence-electron chi connectivity index (χ0n) is 15.7. The molecule has 1 heterocycles.